The lowest BCUT2D eigenvalue weighted by Gasteiger charge is -2.19. The number of ether oxygens (including phenoxy) is 1. The molecule has 0 saturated heterocycles. The van der Waals surface area contributed by atoms with E-state index in [0.29, 0.717) is 19.7 Å². The van der Waals surface area contributed by atoms with E-state index in [2.05, 4.69) is 36.1 Å². The number of likely N-dealkylation sites (N-methyl/N-ethyl adjacent to an activating group) is 1. The lowest BCUT2D eigenvalue weighted by atomic mass is 10.0. The summed E-state index contributed by atoms with van der Waals surface area (Å²) in [6.45, 7) is 6.04. The lowest BCUT2D eigenvalue weighted by molar-refractivity contribution is 0.189. The highest BCUT2D eigenvalue weighted by Gasteiger charge is 2.08. The molecule has 2 rings (SSSR count). The number of aliphatic hydroxyl groups excluding tert-OH is 1. The van der Waals surface area contributed by atoms with Crippen molar-refractivity contribution in [2.45, 2.75) is 19.9 Å². The van der Waals surface area contributed by atoms with Crippen LogP contribution in [-0.2, 0) is 6.54 Å². The van der Waals surface area contributed by atoms with Crippen molar-refractivity contribution in [3.63, 3.8) is 0 Å². The number of hydrogen-bond donors (Lipinski definition) is 2. The van der Waals surface area contributed by atoms with Gasteiger partial charge in [0, 0.05) is 25.2 Å². The highest BCUT2D eigenvalue weighted by atomic mass is 16.5. The highest BCUT2D eigenvalue weighted by Crippen LogP contribution is 2.31. The van der Waals surface area contributed by atoms with Gasteiger partial charge in [0.25, 0.3) is 0 Å². The average Bonchev–Trinajstić information content (AvgIpc) is 2.64. The van der Waals surface area contributed by atoms with Crippen molar-refractivity contribution in [1.29, 1.82) is 0 Å². The number of nitrogens with two attached hydrogens (primary N) is 1. The van der Waals surface area contributed by atoms with Crippen LogP contribution in [0, 0.1) is 0 Å². The average molecular weight is 328 g/mol. The highest BCUT2D eigenvalue weighted by molar-refractivity contribution is 5.70. The van der Waals surface area contributed by atoms with Gasteiger partial charge in [-0.1, -0.05) is 49.4 Å². The molecule has 2 aromatic carbocycles. The van der Waals surface area contributed by atoms with Gasteiger partial charge in [-0.15, -0.1) is 0 Å². The van der Waals surface area contributed by atoms with Crippen LogP contribution >= 0.6 is 0 Å². The largest absolute Gasteiger partial charge is 0.493 e. The second kappa shape index (κ2) is 10.1. The third kappa shape index (κ3) is 5.34. The maximum Gasteiger partial charge on any atom is 0.127 e. The fraction of sp³-hybridized carbons (Fsp3) is 0.400. The van der Waals surface area contributed by atoms with Gasteiger partial charge in [-0.25, -0.2) is 0 Å². The van der Waals surface area contributed by atoms with Gasteiger partial charge in [-0.2, -0.15) is 0 Å². The monoisotopic (exact) mass is 328 g/mol. The molecule has 2 aromatic rings. The Labute approximate surface area is 144 Å². The van der Waals surface area contributed by atoms with Crippen molar-refractivity contribution >= 4 is 0 Å². The fourth-order valence-corrected chi connectivity index (χ4v) is 2.71. The molecule has 0 amide bonds. The van der Waals surface area contributed by atoms with E-state index in [9.17, 15) is 0 Å². The molecule has 0 bridgehead atoms. The molecule has 0 aromatic heterocycles. The number of rotatable bonds is 10. The minimum Gasteiger partial charge on any atom is -0.493 e. The van der Waals surface area contributed by atoms with Crippen LogP contribution in [0.1, 0.15) is 18.9 Å². The van der Waals surface area contributed by atoms with Gasteiger partial charge in [-0.05, 0) is 30.2 Å². The molecule has 0 saturated carbocycles. The second-order valence-corrected chi connectivity index (χ2v) is 5.76. The van der Waals surface area contributed by atoms with Gasteiger partial charge >= 0.3 is 0 Å². The molecular formula is C20H28N2O2. The molecule has 4 nitrogen and oxygen atoms in total. The minimum atomic E-state index is 0.200. The van der Waals surface area contributed by atoms with Crippen molar-refractivity contribution in [3.8, 4) is 16.9 Å². The standard InChI is InChI=1S/C20H28N2O2/c1-2-22(12-13-23)11-6-14-24-20-15-17(16-21)9-10-19(20)18-7-4-3-5-8-18/h3-5,7-10,15,23H,2,6,11-14,16,21H2,1H3. The smallest absolute Gasteiger partial charge is 0.127 e. The Morgan fingerprint density at radius 2 is 1.88 bits per heavy atom. The zero-order valence-corrected chi connectivity index (χ0v) is 14.4. The predicted molar refractivity (Wildman–Crippen MR) is 99.1 cm³/mol. The maximum absolute atomic E-state index is 9.04. The Kier molecular flexibility index (Phi) is 7.75. The van der Waals surface area contributed by atoms with Crippen molar-refractivity contribution < 1.29 is 9.84 Å². The minimum absolute atomic E-state index is 0.200. The number of benzene rings is 2. The number of hydrogen-bond acceptors (Lipinski definition) is 4. The maximum atomic E-state index is 9.04. The van der Waals surface area contributed by atoms with E-state index in [1.54, 1.807) is 0 Å². The Morgan fingerprint density at radius 3 is 2.54 bits per heavy atom. The fourth-order valence-electron chi connectivity index (χ4n) is 2.71. The first-order valence-corrected chi connectivity index (χ1v) is 8.63. The Morgan fingerprint density at radius 1 is 1.08 bits per heavy atom. The van der Waals surface area contributed by atoms with Gasteiger partial charge in [0.2, 0.25) is 0 Å². The summed E-state index contributed by atoms with van der Waals surface area (Å²) in [5.74, 6) is 0.884. The lowest BCUT2D eigenvalue weighted by Crippen LogP contribution is -2.28. The third-order valence-electron chi connectivity index (χ3n) is 4.11. The second-order valence-electron chi connectivity index (χ2n) is 5.76. The number of nitrogens with zero attached hydrogens (tertiary/aromatic N) is 1. The molecule has 4 heteroatoms. The molecule has 3 N–H and O–H groups in total. The van der Waals surface area contributed by atoms with E-state index in [0.717, 1.165) is 42.0 Å². The molecule has 0 unspecified atom stereocenters. The van der Waals surface area contributed by atoms with E-state index < -0.39 is 0 Å². The molecule has 24 heavy (non-hydrogen) atoms. The van der Waals surface area contributed by atoms with Crippen LogP contribution in [0.5, 0.6) is 5.75 Å². The molecule has 130 valence electrons. The van der Waals surface area contributed by atoms with E-state index >= 15 is 0 Å². The molecule has 0 spiro atoms. The van der Waals surface area contributed by atoms with Gasteiger partial charge in [0.15, 0.2) is 0 Å². The predicted octanol–water partition coefficient (Wildman–Crippen LogP) is 2.90. The van der Waals surface area contributed by atoms with Crippen LogP contribution in [0.4, 0.5) is 0 Å². The van der Waals surface area contributed by atoms with Crippen LogP contribution in [0.2, 0.25) is 0 Å². The summed E-state index contributed by atoms with van der Waals surface area (Å²) in [6.07, 6.45) is 0.926. The van der Waals surface area contributed by atoms with Crippen molar-refractivity contribution in [2.75, 3.05) is 32.8 Å². The van der Waals surface area contributed by atoms with Crippen molar-refractivity contribution in [2.24, 2.45) is 5.73 Å². The molecule has 0 aliphatic carbocycles. The van der Waals surface area contributed by atoms with E-state index in [-0.39, 0.29) is 6.61 Å². The zero-order chi connectivity index (χ0) is 17.2. The molecule has 0 aliphatic heterocycles. The number of aliphatic hydroxyl groups is 1. The van der Waals surface area contributed by atoms with E-state index in [1.165, 1.54) is 0 Å². The summed E-state index contributed by atoms with van der Waals surface area (Å²) in [5, 5.41) is 9.04. The molecule has 0 radical (unpaired) electrons. The molecule has 0 aliphatic rings. The van der Waals surface area contributed by atoms with Crippen molar-refractivity contribution in [3.05, 3.63) is 54.1 Å². The van der Waals surface area contributed by atoms with Crippen LogP contribution < -0.4 is 10.5 Å². The van der Waals surface area contributed by atoms with Gasteiger partial charge in [-0.3, -0.25) is 0 Å². The third-order valence-corrected chi connectivity index (χ3v) is 4.11. The summed E-state index contributed by atoms with van der Waals surface area (Å²) in [4.78, 5) is 2.22. The zero-order valence-electron chi connectivity index (χ0n) is 14.4. The quantitative estimate of drug-likeness (QED) is 0.659. The molecular weight excluding hydrogens is 300 g/mol. The summed E-state index contributed by atoms with van der Waals surface area (Å²) < 4.78 is 6.06. The summed E-state index contributed by atoms with van der Waals surface area (Å²) >= 11 is 0. The van der Waals surface area contributed by atoms with Crippen molar-refractivity contribution in [1.82, 2.24) is 4.90 Å². The summed E-state index contributed by atoms with van der Waals surface area (Å²) in [5.41, 5.74) is 9.08. The first-order valence-electron chi connectivity index (χ1n) is 8.63. The van der Waals surface area contributed by atoms with Crippen LogP contribution in [0.15, 0.2) is 48.5 Å². The van der Waals surface area contributed by atoms with E-state index in [4.69, 9.17) is 15.6 Å². The Bertz CT molecular complexity index is 602. The van der Waals surface area contributed by atoms with Gasteiger partial charge < -0.3 is 20.5 Å². The molecule has 0 fully saturated rings. The first kappa shape index (κ1) is 18.5. The first-order chi connectivity index (χ1) is 11.8. The van der Waals surface area contributed by atoms with Gasteiger partial charge in [0.1, 0.15) is 5.75 Å². The summed E-state index contributed by atoms with van der Waals surface area (Å²) in [7, 11) is 0. The Hall–Kier alpha value is -1.88. The Balaban J connectivity index is 2.02. The topological polar surface area (TPSA) is 58.7 Å². The molecule has 0 heterocycles. The van der Waals surface area contributed by atoms with E-state index in [1.807, 2.05) is 24.3 Å². The summed E-state index contributed by atoms with van der Waals surface area (Å²) in [6, 6.07) is 16.4. The van der Waals surface area contributed by atoms with Crippen LogP contribution in [-0.4, -0.2) is 42.9 Å². The molecule has 0 atom stereocenters. The SMILES string of the molecule is CCN(CCO)CCCOc1cc(CN)ccc1-c1ccccc1. The van der Waals surface area contributed by atoms with Gasteiger partial charge in [0.05, 0.1) is 13.2 Å². The normalized spacial score (nSPS) is 11.0. The van der Waals surface area contributed by atoms with Crippen LogP contribution in [0.3, 0.4) is 0 Å². The van der Waals surface area contributed by atoms with Crippen LogP contribution in [0.25, 0.3) is 11.1 Å².